The number of piperidine rings is 1. The summed E-state index contributed by atoms with van der Waals surface area (Å²) in [5, 5.41) is 9.66. The van der Waals surface area contributed by atoms with E-state index in [1.807, 2.05) is 29.6 Å². The minimum absolute atomic E-state index is 0.0151. The normalized spacial score (nSPS) is 15.7. The second-order valence-corrected chi connectivity index (χ2v) is 7.92. The first-order valence-electron chi connectivity index (χ1n) is 8.82. The van der Waals surface area contributed by atoms with E-state index in [1.54, 1.807) is 23.5 Å². The molecule has 0 aliphatic carbocycles. The number of halogens is 1. The molecule has 3 aromatic rings. The summed E-state index contributed by atoms with van der Waals surface area (Å²) in [7, 11) is 0. The molecule has 0 saturated carbocycles. The van der Waals surface area contributed by atoms with Gasteiger partial charge in [0.15, 0.2) is 0 Å². The summed E-state index contributed by atoms with van der Waals surface area (Å²) in [5.41, 5.74) is 0.777. The van der Waals surface area contributed by atoms with Crippen molar-refractivity contribution in [2.24, 2.45) is 5.92 Å². The highest BCUT2D eigenvalue weighted by Gasteiger charge is 2.26. The van der Waals surface area contributed by atoms with Crippen molar-refractivity contribution in [1.82, 2.24) is 15.0 Å². The van der Waals surface area contributed by atoms with Crippen molar-refractivity contribution < 1.29 is 9.32 Å². The van der Waals surface area contributed by atoms with Crippen molar-refractivity contribution in [3.8, 4) is 10.7 Å². The number of anilines is 1. The Morgan fingerprint density at radius 2 is 2.04 bits per heavy atom. The predicted octanol–water partition coefficient (Wildman–Crippen LogP) is 4.30. The summed E-state index contributed by atoms with van der Waals surface area (Å²) in [5.74, 6) is 1.33. The number of likely N-dealkylation sites (tertiary alicyclic amines) is 1. The number of amides is 1. The number of carbonyl (C=O) groups is 1. The van der Waals surface area contributed by atoms with Crippen LogP contribution >= 0.6 is 22.9 Å². The van der Waals surface area contributed by atoms with E-state index in [9.17, 15) is 4.79 Å². The quantitative estimate of drug-likeness (QED) is 0.688. The van der Waals surface area contributed by atoms with Crippen LogP contribution in [0.3, 0.4) is 0 Å². The van der Waals surface area contributed by atoms with Crippen molar-refractivity contribution in [1.29, 1.82) is 0 Å². The zero-order valence-electron chi connectivity index (χ0n) is 14.6. The summed E-state index contributed by atoms with van der Waals surface area (Å²) in [6.07, 6.45) is 1.62. The molecule has 0 unspecified atom stereocenters. The number of benzene rings is 1. The zero-order chi connectivity index (χ0) is 18.6. The second-order valence-electron chi connectivity index (χ2n) is 6.54. The van der Waals surface area contributed by atoms with Gasteiger partial charge in [0.25, 0.3) is 0 Å². The first-order valence-corrected chi connectivity index (χ1v) is 10.1. The number of carbonyl (C=O) groups excluding carboxylic acids is 1. The van der Waals surface area contributed by atoms with Crippen LogP contribution in [0.4, 0.5) is 5.69 Å². The summed E-state index contributed by atoms with van der Waals surface area (Å²) in [6, 6.07) is 11.1. The Morgan fingerprint density at radius 3 is 2.74 bits per heavy atom. The van der Waals surface area contributed by atoms with E-state index in [4.69, 9.17) is 16.1 Å². The lowest BCUT2D eigenvalue weighted by molar-refractivity contribution is -0.121. The zero-order valence-corrected chi connectivity index (χ0v) is 16.2. The van der Waals surface area contributed by atoms with Crippen LogP contribution < -0.4 is 5.32 Å². The molecular formula is C19H19ClN4O2S. The van der Waals surface area contributed by atoms with Crippen LogP contribution in [0.1, 0.15) is 18.7 Å². The smallest absolute Gasteiger partial charge is 0.241 e. The van der Waals surface area contributed by atoms with E-state index in [-0.39, 0.29) is 11.8 Å². The van der Waals surface area contributed by atoms with Crippen molar-refractivity contribution in [3.05, 3.63) is 52.7 Å². The third-order valence-electron chi connectivity index (χ3n) is 4.64. The van der Waals surface area contributed by atoms with Crippen LogP contribution in [0.2, 0.25) is 5.02 Å². The lowest BCUT2D eigenvalue weighted by atomic mass is 9.96. The lowest BCUT2D eigenvalue weighted by Gasteiger charge is -2.30. The molecule has 1 N–H and O–H groups in total. The Hall–Kier alpha value is -2.22. The van der Waals surface area contributed by atoms with E-state index in [0.29, 0.717) is 23.3 Å². The maximum Gasteiger partial charge on any atom is 0.241 e. The molecule has 6 nitrogen and oxygen atoms in total. The predicted molar refractivity (Wildman–Crippen MR) is 106 cm³/mol. The minimum atomic E-state index is 0.0151. The van der Waals surface area contributed by atoms with E-state index < -0.39 is 0 Å². The van der Waals surface area contributed by atoms with E-state index >= 15 is 0 Å². The molecule has 0 bridgehead atoms. The average Bonchev–Trinajstić information content (AvgIpc) is 3.36. The Morgan fingerprint density at radius 1 is 1.26 bits per heavy atom. The number of rotatable bonds is 5. The monoisotopic (exact) mass is 402 g/mol. The van der Waals surface area contributed by atoms with Crippen molar-refractivity contribution >= 4 is 34.5 Å². The number of hydrogen-bond donors (Lipinski definition) is 1. The molecule has 1 fully saturated rings. The molecule has 8 heteroatoms. The standard InChI is InChI=1S/C19H19ClN4O2S/c20-14-3-5-15(6-4-14)21-19(25)13-7-9-24(10-8-13)12-17-22-18(23-26-17)16-2-1-11-27-16/h1-6,11,13H,7-10,12H2,(H,21,25). The van der Waals surface area contributed by atoms with Gasteiger partial charge in [-0.1, -0.05) is 22.8 Å². The molecule has 1 saturated heterocycles. The van der Waals surface area contributed by atoms with Crippen LogP contribution in [-0.4, -0.2) is 34.0 Å². The average molecular weight is 403 g/mol. The van der Waals surface area contributed by atoms with Crippen molar-refractivity contribution in [2.45, 2.75) is 19.4 Å². The van der Waals surface area contributed by atoms with Crippen molar-refractivity contribution in [2.75, 3.05) is 18.4 Å². The SMILES string of the molecule is O=C(Nc1ccc(Cl)cc1)C1CCN(Cc2nc(-c3cccs3)no2)CC1. The number of nitrogens with one attached hydrogen (secondary N) is 1. The summed E-state index contributed by atoms with van der Waals surface area (Å²) in [4.78, 5) is 20.2. The van der Waals surface area contributed by atoms with E-state index in [0.717, 1.165) is 36.5 Å². The van der Waals surface area contributed by atoms with Crippen LogP contribution in [0, 0.1) is 5.92 Å². The van der Waals surface area contributed by atoms with Gasteiger partial charge in [0.05, 0.1) is 11.4 Å². The highest BCUT2D eigenvalue weighted by atomic mass is 35.5. The molecular weight excluding hydrogens is 384 g/mol. The Labute approximate surface area is 166 Å². The molecule has 2 aromatic heterocycles. The maximum absolute atomic E-state index is 12.4. The molecule has 27 heavy (non-hydrogen) atoms. The van der Waals surface area contributed by atoms with Gasteiger partial charge in [0.2, 0.25) is 17.6 Å². The lowest BCUT2D eigenvalue weighted by Crippen LogP contribution is -2.37. The van der Waals surface area contributed by atoms with Crippen molar-refractivity contribution in [3.63, 3.8) is 0 Å². The fraction of sp³-hybridized carbons (Fsp3) is 0.316. The first-order chi connectivity index (χ1) is 13.2. The molecule has 0 spiro atoms. The van der Waals surface area contributed by atoms with Gasteiger partial charge >= 0.3 is 0 Å². The second kappa shape index (κ2) is 8.21. The van der Waals surface area contributed by atoms with Gasteiger partial charge in [-0.25, -0.2) is 0 Å². The third-order valence-corrected chi connectivity index (χ3v) is 5.76. The van der Waals surface area contributed by atoms with Gasteiger partial charge in [0.1, 0.15) is 0 Å². The van der Waals surface area contributed by atoms with Crippen LogP contribution in [0.15, 0.2) is 46.3 Å². The number of thiophene rings is 1. The molecule has 4 rings (SSSR count). The number of hydrogen-bond acceptors (Lipinski definition) is 6. The largest absolute Gasteiger partial charge is 0.338 e. The van der Waals surface area contributed by atoms with Crippen LogP contribution in [0.5, 0.6) is 0 Å². The minimum Gasteiger partial charge on any atom is -0.338 e. The van der Waals surface area contributed by atoms with Gasteiger partial charge in [0, 0.05) is 16.6 Å². The molecule has 3 heterocycles. The highest BCUT2D eigenvalue weighted by Crippen LogP contribution is 2.24. The Bertz CT molecular complexity index is 887. The molecule has 0 radical (unpaired) electrons. The first kappa shape index (κ1) is 18.2. The fourth-order valence-electron chi connectivity index (χ4n) is 3.15. The van der Waals surface area contributed by atoms with Gasteiger partial charge in [-0.15, -0.1) is 11.3 Å². The van der Waals surface area contributed by atoms with Gasteiger partial charge in [-0.2, -0.15) is 4.98 Å². The summed E-state index contributed by atoms with van der Waals surface area (Å²) < 4.78 is 5.37. The fourth-order valence-corrected chi connectivity index (χ4v) is 3.92. The summed E-state index contributed by atoms with van der Waals surface area (Å²) in [6.45, 7) is 2.27. The Balaban J connectivity index is 1.27. The van der Waals surface area contributed by atoms with Gasteiger partial charge in [-0.3, -0.25) is 9.69 Å². The van der Waals surface area contributed by atoms with E-state index in [1.165, 1.54) is 0 Å². The van der Waals surface area contributed by atoms with Gasteiger partial charge in [-0.05, 0) is 61.6 Å². The molecule has 140 valence electrons. The number of nitrogens with zero attached hydrogens (tertiary/aromatic N) is 3. The molecule has 0 atom stereocenters. The molecule has 1 aliphatic heterocycles. The van der Waals surface area contributed by atoms with Crippen LogP contribution in [-0.2, 0) is 11.3 Å². The Kier molecular flexibility index (Phi) is 5.52. The maximum atomic E-state index is 12.4. The molecule has 1 aromatic carbocycles. The highest BCUT2D eigenvalue weighted by molar-refractivity contribution is 7.13. The number of aromatic nitrogens is 2. The summed E-state index contributed by atoms with van der Waals surface area (Å²) >= 11 is 7.46. The topological polar surface area (TPSA) is 71.3 Å². The van der Waals surface area contributed by atoms with E-state index in [2.05, 4.69) is 20.4 Å². The van der Waals surface area contributed by atoms with Crippen LogP contribution in [0.25, 0.3) is 10.7 Å². The molecule has 1 aliphatic rings. The van der Waals surface area contributed by atoms with Gasteiger partial charge < -0.3 is 9.84 Å². The molecule has 1 amide bonds. The third kappa shape index (κ3) is 4.55.